The molecule has 12 heteroatoms. The van der Waals surface area contributed by atoms with E-state index in [1.54, 1.807) is 0 Å². The predicted molar refractivity (Wildman–Crippen MR) is 117 cm³/mol. The van der Waals surface area contributed by atoms with Gasteiger partial charge in [-0.15, -0.1) is 0 Å². The molecule has 1 aliphatic rings. The second-order valence-corrected chi connectivity index (χ2v) is 8.35. The van der Waals surface area contributed by atoms with Crippen molar-refractivity contribution in [1.29, 1.82) is 0 Å². The van der Waals surface area contributed by atoms with Gasteiger partial charge in [0.25, 0.3) is 5.91 Å². The van der Waals surface area contributed by atoms with Crippen LogP contribution < -0.4 is 5.32 Å². The maximum Gasteiger partial charge on any atom is 0.471 e. The van der Waals surface area contributed by atoms with Crippen molar-refractivity contribution in [2.45, 2.75) is 25.2 Å². The average molecular weight is 486 g/mol. The molecule has 2 N–H and O–H groups in total. The molecule has 182 valence electrons. The molecule has 0 radical (unpaired) electrons. The number of benzene rings is 1. The van der Waals surface area contributed by atoms with E-state index in [1.165, 1.54) is 40.1 Å². The number of carbonyl (C=O) groups is 1. The third-order valence-electron chi connectivity index (χ3n) is 5.79. The molecule has 1 aromatic carbocycles. The minimum atomic E-state index is -4.74. The van der Waals surface area contributed by atoms with Gasteiger partial charge in [-0.3, -0.25) is 9.69 Å². The minimum Gasteiger partial charge on any atom is -0.390 e. The van der Waals surface area contributed by atoms with Crippen LogP contribution in [-0.4, -0.2) is 61.2 Å². The highest BCUT2D eigenvalue weighted by atomic mass is 19.4. The Morgan fingerprint density at radius 1 is 1.14 bits per heavy atom. The lowest BCUT2D eigenvalue weighted by atomic mass is 10.00. The number of hydrogen-bond acceptors (Lipinski definition) is 7. The van der Waals surface area contributed by atoms with E-state index in [1.807, 2.05) is 12.1 Å². The lowest BCUT2D eigenvalue weighted by molar-refractivity contribution is -0.159. The fourth-order valence-corrected chi connectivity index (χ4v) is 4.06. The van der Waals surface area contributed by atoms with Crippen molar-refractivity contribution >= 4 is 11.6 Å². The molecule has 0 saturated carbocycles. The normalized spacial score (nSPS) is 15.2. The molecule has 4 aromatic rings. The van der Waals surface area contributed by atoms with Crippen LogP contribution in [0.15, 0.2) is 53.3 Å². The first-order valence-electron chi connectivity index (χ1n) is 10.9. The van der Waals surface area contributed by atoms with E-state index in [9.17, 15) is 23.1 Å². The molecular formula is C23H21F3N6O3. The zero-order valence-electron chi connectivity index (χ0n) is 18.4. The Kier molecular flexibility index (Phi) is 5.99. The van der Waals surface area contributed by atoms with Crippen molar-refractivity contribution < 1.29 is 27.6 Å². The second kappa shape index (κ2) is 9.12. The smallest absolute Gasteiger partial charge is 0.390 e. The number of aromatic nitrogens is 4. The average Bonchev–Trinajstić information content (AvgIpc) is 3.49. The summed E-state index contributed by atoms with van der Waals surface area (Å²) in [6, 6.07) is 11.2. The van der Waals surface area contributed by atoms with Gasteiger partial charge in [-0.2, -0.15) is 18.2 Å². The number of pyridine rings is 1. The summed E-state index contributed by atoms with van der Waals surface area (Å²) in [7, 11) is 0. The fourth-order valence-electron chi connectivity index (χ4n) is 4.06. The van der Waals surface area contributed by atoms with E-state index < -0.39 is 24.1 Å². The number of halogens is 3. The molecule has 4 heterocycles. The molecule has 0 fully saturated rings. The number of fused-ring (bicyclic) bond motifs is 2. The van der Waals surface area contributed by atoms with Gasteiger partial charge in [0.05, 0.1) is 6.10 Å². The Morgan fingerprint density at radius 3 is 2.71 bits per heavy atom. The Hall–Kier alpha value is -3.77. The number of amides is 1. The van der Waals surface area contributed by atoms with Gasteiger partial charge in [-0.1, -0.05) is 29.4 Å². The summed E-state index contributed by atoms with van der Waals surface area (Å²) in [5, 5.41) is 16.5. The zero-order valence-corrected chi connectivity index (χ0v) is 18.4. The third-order valence-corrected chi connectivity index (χ3v) is 5.79. The van der Waals surface area contributed by atoms with Gasteiger partial charge >= 0.3 is 12.1 Å². The van der Waals surface area contributed by atoms with Crippen molar-refractivity contribution in [2.75, 3.05) is 19.6 Å². The molecule has 9 nitrogen and oxygen atoms in total. The Morgan fingerprint density at radius 2 is 1.94 bits per heavy atom. The van der Waals surface area contributed by atoms with E-state index in [0.717, 1.165) is 19.5 Å². The van der Waals surface area contributed by atoms with Gasteiger partial charge in [0.1, 0.15) is 11.3 Å². The number of nitrogens with one attached hydrogen (secondary N) is 1. The first-order valence-corrected chi connectivity index (χ1v) is 10.9. The molecule has 0 aliphatic carbocycles. The molecule has 3 aromatic heterocycles. The van der Waals surface area contributed by atoms with Crippen LogP contribution >= 0.6 is 0 Å². The van der Waals surface area contributed by atoms with E-state index in [0.29, 0.717) is 12.2 Å². The standard InChI is InChI=1S/C23H21F3N6O3/c24-23(25,26)22-29-20(30-35-22)16-5-6-19-28-18(13-32(19)11-16)21(34)27-9-17(33)12-31-8-7-14-3-1-2-4-15(14)10-31/h1-6,11,13,17,33H,7-10,12H2,(H,27,34). The molecule has 0 spiro atoms. The molecule has 5 rings (SSSR count). The quantitative estimate of drug-likeness (QED) is 0.431. The molecule has 0 saturated heterocycles. The van der Waals surface area contributed by atoms with E-state index in [2.05, 4.69) is 42.0 Å². The largest absolute Gasteiger partial charge is 0.471 e. The summed E-state index contributed by atoms with van der Waals surface area (Å²) in [6.45, 7) is 2.06. The molecule has 1 unspecified atom stereocenters. The number of aliphatic hydroxyl groups is 1. The third kappa shape index (κ3) is 5.03. The van der Waals surface area contributed by atoms with Crippen LogP contribution in [0.1, 0.15) is 27.5 Å². The van der Waals surface area contributed by atoms with Crippen LogP contribution in [0.3, 0.4) is 0 Å². The zero-order chi connectivity index (χ0) is 24.6. The number of imidazole rings is 1. The molecular weight excluding hydrogens is 465 g/mol. The van der Waals surface area contributed by atoms with Crippen LogP contribution in [-0.2, 0) is 19.1 Å². The van der Waals surface area contributed by atoms with Crippen LogP contribution in [0, 0.1) is 0 Å². The van der Waals surface area contributed by atoms with Crippen molar-refractivity contribution in [3.63, 3.8) is 0 Å². The van der Waals surface area contributed by atoms with Gasteiger partial charge in [0.2, 0.25) is 5.82 Å². The number of aliphatic hydroxyl groups excluding tert-OH is 1. The van der Waals surface area contributed by atoms with Gasteiger partial charge < -0.3 is 19.3 Å². The Labute approximate surface area is 197 Å². The van der Waals surface area contributed by atoms with Gasteiger partial charge in [0.15, 0.2) is 0 Å². The van der Waals surface area contributed by atoms with Crippen molar-refractivity contribution in [1.82, 2.24) is 29.7 Å². The lowest BCUT2D eigenvalue weighted by Crippen LogP contribution is -2.42. The molecule has 1 aliphatic heterocycles. The number of alkyl halides is 3. The van der Waals surface area contributed by atoms with Crippen LogP contribution in [0.2, 0.25) is 0 Å². The van der Waals surface area contributed by atoms with Crippen molar-refractivity contribution in [3.8, 4) is 11.4 Å². The molecule has 0 bridgehead atoms. The van der Waals surface area contributed by atoms with Crippen LogP contribution in [0.5, 0.6) is 0 Å². The minimum absolute atomic E-state index is 0.0547. The van der Waals surface area contributed by atoms with Crippen LogP contribution in [0.25, 0.3) is 17.0 Å². The van der Waals surface area contributed by atoms with E-state index in [4.69, 9.17) is 0 Å². The number of rotatable bonds is 6. The SMILES string of the molecule is O=C(NCC(O)CN1CCc2ccccc2C1)c1cn2cc(-c3noc(C(F)(F)F)n3)ccc2n1. The summed E-state index contributed by atoms with van der Waals surface area (Å²) < 4.78 is 43.9. The van der Waals surface area contributed by atoms with Crippen molar-refractivity contribution in [2.24, 2.45) is 0 Å². The molecule has 35 heavy (non-hydrogen) atoms. The van der Waals surface area contributed by atoms with E-state index in [-0.39, 0.29) is 23.6 Å². The predicted octanol–water partition coefficient (Wildman–Crippen LogP) is 2.55. The summed E-state index contributed by atoms with van der Waals surface area (Å²) >= 11 is 0. The highest BCUT2D eigenvalue weighted by molar-refractivity contribution is 5.92. The highest BCUT2D eigenvalue weighted by Crippen LogP contribution is 2.29. The van der Waals surface area contributed by atoms with Crippen LogP contribution in [0.4, 0.5) is 13.2 Å². The van der Waals surface area contributed by atoms with Crippen molar-refractivity contribution in [3.05, 3.63) is 71.5 Å². The lowest BCUT2D eigenvalue weighted by Gasteiger charge is -2.30. The second-order valence-electron chi connectivity index (χ2n) is 8.35. The maximum atomic E-state index is 12.7. The summed E-state index contributed by atoms with van der Waals surface area (Å²) in [4.78, 5) is 22.3. The summed E-state index contributed by atoms with van der Waals surface area (Å²) in [5.41, 5.74) is 3.34. The number of hydrogen-bond donors (Lipinski definition) is 2. The highest BCUT2D eigenvalue weighted by Gasteiger charge is 2.38. The fraction of sp³-hybridized carbons (Fsp3) is 0.304. The first-order chi connectivity index (χ1) is 16.8. The van der Waals surface area contributed by atoms with Gasteiger partial charge in [0, 0.05) is 44.1 Å². The van der Waals surface area contributed by atoms with Gasteiger partial charge in [-0.25, -0.2) is 4.98 Å². The summed E-state index contributed by atoms with van der Waals surface area (Å²) in [5.74, 6) is -2.15. The number of nitrogens with zero attached hydrogens (tertiary/aromatic N) is 5. The maximum absolute atomic E-state index is 12.7. The number of carbonyl (C=O) groups excluding carboxylic acids is 1. The Bertz CT molecular complexity index is 1370. The molecule has 1 amide bonds. The number of β-amino-alcohol motifs (C(OH)–C–C–N with tert-alkyl or cyclic N) is 1. The van der Waals surface area contributed by atoms with Gasteiger partial charge in [-0.05, 0) is 29.7 Å². The topological polar surface area (TPSA) is 109 Å². The van der Waals surface area contributed by atoms with E-state index >= 15 is 0 Å². The first kappa shape index (κ1) is 23.0. The monoisotopic (exact) mass is 486 g/mol. The summed E-state index contributed by atoms with van der Waals surface area (Å²) in [6.07, 6.45) is -1.69. The Balaban J connectivity index is 1.19. The molecule has 1 atom stereocenters.